The van der Waals surface area contributed by atoms with Gasteiger partial charge in [-0.15, -0.1) is 11.8 Å². The summed E-state index contributed by atoms with van der Waals surface area (Å²) in [6.07, 6.45) is -1.22. The van der Waals surface area contributed by atoms with Crippen LogP contribution in [0.25, 0.3) is 0 Å². The van der Waals surface area contributed by atoms with E-state index in [4.69, 9.17) is 14.0 Å². The molecule has 6 nitrogen and oxygen atoms in total. The summed E-state index contributed by atoms with van der Waals surface area (Å²) in [6, 6.07) is 7.61. The Hall–Kier alpha value is -2.02. The third-order valence-electron chi connectivity index (χ3n) is 2.96. The van der Waals surface area contributed by atoms with E-state index in [-0.39, 0.29) is 5.89 Å². The molecule has 0 spiro atoms. The van der Waals surface area contributed by atoms with E-state index in [2.05, 4.69) is 10.1 Å². The van der Waals surface area contributed by atoms with Gasteiger partial charge in [-0.3, -0.25) is 0 Å². The van der Waals surface area contributed by atoms with E-state index in [1.807, 2.05) is 24.3 Å². The van der Waals surface area contributed by atoms with E-state index < -0.39 is 18.2 Å². The number of hydrogen-bond donors (Lipinski definition) is 0. The van der Waals surface area contributed by atoms with Gasteiger partial charge in [0.1, 0.15) is 5.75 Å². The molecule has 110 valence electrons. The summed E-state index contributed by atoms with van der Waals surface area (Å²) >= 11 is 1.57. The quantitative estimate of drug-likeness (QED) is 0.807. The van der Waals surface area contributed by atoms with Crippen LogP contribution < -0.4 is 4.74 Å². The zero-order valence-electron chi connectivity index (χ0n) is 11.6. The average molecular weight is 306 g/mol. The summed E-state index contributed by atoms with van der Waals surface area (Å²) in [7, 11) is 0. The number of benzene rings is 1. The number of ether oxygens (including phenoxy) is 2. The van der Waals surface area contributed by atoms with Gasteiger partial charge in [0.15, 0.2) is 11.9 Å². The minimum atomic E-state index is -0.628. The van der Waals surface area contributed by atoms with Crippen LogP contribution in [0, 0.1) is 6.92 Å². The first-order valence-electron chi connectivity index (χ1n) is 6.52. The molecule has 0 N–H and O–H groups in total. The number of carbonyl (C=O) groups is 1. The number of para-hydroxylation sites is 1. The molecule has 21 heavy (non-hydrogen) atoms. The predicted octanol–water partition coefficient (Wildman–Crippen LogP) is 2.54. The van der Waals surface area contributed by atoms with Gasteiger partial charge in [-0.05, 0) is 26.0 Å². The molecule has 1 aromatic carbocycles. The topological polar surface area (TPSA) is 74.5 Å². The zero-order chi connectivity index (χ0) is 14.8. The normalized spacial score (nSPS) is 18.5. The van der Waals surface area contributed by atoms with Crippen molar-refractivity contribution < 1.29 is 18.8 Å². The molecular weight excluding hydrogens is 292 g/mol. The summed E-state index contributed by atoms with van der Waals surface area (Å²) in [5.41, 5.74) is 0. The average Bonchev–Trinajstić information content (AvgIpc) is 2.93. The second-order valence-corrected chi connectivity index (χ2v) is 5.69. The van der Waals surface area contributed by atoms with Crippen LogP contribution in [0.1, 0.15) is 24.7 Å². The van der Waals surface area contributed by atoms with Crippen LogP contribution in [-0.2, 0) is 9.53 Å². The minimum absolute atomic E-state index is 0.282. The van der Waals surface area contributed by atoms with E-state index >= 15 is 0 Å². The molecule has 0 saturated carbocycles. The maximum Gasteiger partial charge on any atom is 0.349 e. The minimum Gasteiger partial charge on any atom is -0.477 e. The van der Waals surface area contributed by atoms with Gasteiger partial charge in [0.25, 0.3) is 5.89 Å². The number of fused-ring (bicyclic) bond motifs is 1. The van der Waals surface area contributed by atoms with Gasteiger partial charge < -0.3 is 14.0 Å². The molecule has 0 saturated heterocycles. The van der Waals surface area contributed by atoms with Gasteiger partial charge in [0.05, 0.1) is 0 Å². The highest BCUT2D eigenvalue weighted by molar-refractivity contribution is 7.99. The molecule has 0 unspecified atom stereocenters. The summed E-state index contributed by atoms with van der Waals surface area (Å²) in [5.74, 6) is 1.58. The molecule has 0 radical (unpaired) electrons. The molecule has 0 aliphatic carbocycles. The van der Waals surface area contributed by atoms with Crippen molar-refractivity contribution >= 4 is 17.7 Å². The molecule has 7 heteroatoms. The third kappa shape index (κ3) is 3.02. The summed E-state index contributed by atoms with van der Waals surface area (Å²) in [5, 5.41) is 3.67. The molecule has 1 aliphatic rings. The Labute approximate surface area is 125 Å². The second kappa shape index (κ2) is 5.77. The van der Waals surface area contributed by atoms with Crippen molar-refractivity contribution in [2.45, 2.75) is 31.0 Å². The molecular formula is C14H14N2O4S. The van der Waals surface area contributed by atoms with Gasteiger partial charge in [-0.2, -0.15) is 4.98 Å². The maximum atomic E-state index is 12.1. The summed E-state index contributed by atoms with van der Waals surface area (Å²) in [4.78, 5) is 17.2. The van der Waals surface area contributed by atoms with Crippen LogP contribution in [-0.4, -0.2) is 28.0 Å². The van der Waals surface area contributed by atoms with E-state index in [9.17, 15) is 4.79 Å². The second-order valence-electron chi connectivity index (χ2n) is 4.62. The number of aryl methyl sites for hydroxylation is 1. The molecule has 3 rings (SSSR count). The Morgan fingerprint density at radius 1 is 1.48 bits per heavy atom. The van der Waals surface area contributed by atoms with Gasteiger partial charge >= 0.3 is 5.97 Å². The lowest BCUT2D eigenvalue weighted by Crippen LogP contribution is -2.34. The molecule has 0 bridgehead atoms. The summed E-state index contributed by atoms with van der Waals surface area (Å²) in [6.45, 7) is 3.40. The van der Waals surface area contributed by atoms with Crippen molar-refractivity contribution in [1.29, 1.82) is 0 Å². The van der Waals surface area contributed by atoms with E-state index in [1.54, 1.807) is 25.6 Å². The molecule has 2 atom stereocenters. The Bertz CT molecular complexity index is 658. The number of nitrogens with zero attached hydrogens (tertiary/aromatic N) is 2. The third-order valence-corrected chi connectivity index (χ3v) is 4.07. The fourth-order valence-electron chi connectivity index (χ4n) is 1.91. The van der Waals surface area contributed by atoms with Gasteiger partial charge in [-0.25, -0.2) is 4.79 Å². The van der Waals surface area contributed by atoms with Crippen LogP contribution in [0.15, 0.2) is 33.7 Å². The van der Waals surface area contributed by atoms with Crippen molar-refractivity contribution in [3.63, 3.8) is 0 Å². The summed E-state index contributed by atoms with van der Waals surface area (Å²) < 4.78 is 16.0. The van der Waals surface area contributed by atoms with Crippen LogP contribution in [0.4, 0.5) is 0 Å². The monoisotopic (exact) mass is 306 g/mol. The molecule has 0 fully saturated rings. The molecule has 2 aromatic rings. The highest BCUT2D eigenvalue weighted by atomic mass is 32.2. The number of esters is 1. The van der Waals surface area contributed by atoms with Crippen molar-refractivity contribution in [1.82, 2.24) is 10.1 Å². The largest absolute Gasteiger partial charge is 0.477 e. The van der Waals surface area contributed by atoms with Gasteiger partial charge in [0.2, 0.25) is 6.10 Å². The number of carbonyl (C=O) groups excluding carboxylic acids is 1. The first kappa shape index (κ1) is 13.9. The van der Waals surface area contributed by atoms with Crippen LogP contribution >= 0.6 is 11.8 Å². The Morgan fingerprint density at radius 2 is 2.29 bits per heavy atom. The van der Waals surface area contributed by atoms with Gasteiger partial charge in [0, 0.05) is 10.6 Å². The van der Waals surface area contributed by atoms with Crippen molar-refractivity contribution in [2.75, 3.05) is 5.75 Å². The van der Waals surface area contributed by atoms with Crippen LogP contribution in [0.5, 0.6) is 5.75 Å². The highest BCUT2D eigenvalue weighted by Gasteiger charge is 2.30. The van der Waals surface area contributed by atoms with Gasteiger partial charge in [-0.1, -0.05) is 17.3 Å². The molecule has 1 aliphatic heterocycles. The lowest BCUT2D eigenvalue weighted by molar-refractivity contribution is -0.157. The van der Waals surface area contributed by atoms with E-state index in [0.29, 0.717) is 17.3 Å². The fraction of sp³-hybridized carbons (Fsp3) is 0.357. The SMILES string of the molecule is Cc1noc([C@H](C)OC(=O)[C@@H]2CSc3ccccc3O2)n1. The zero-order valence-corrected chi connectivity index (χ0v) is 12.4. The van der Waals surface area contributed by atoms with E-state index in [0.717, 1.165) is 4.90 Å². The molecule has 1 aromatic heterocycles. The number of aromatic nitrogens is 2. The standard InChI is InChI=1S/C14H14N2O4S/c1-8(13-15-9(2)16-20-13)18-14(17)11-7-21-12-6-4-3-5-10(12)19-11/h3-6,8,11H,7H2,1-2H3/t8-,11-/m0/s1. The molecule has 0 amide bonds. The number of hydrogen-bond acceptors (Lipinski definition) is 7. The van der Waals surface area contributed by atoms with Crippen molar-refractivity contribution in [2.24, 2.45) is 0 Å². The van der Waals surface area contributed by atoms with Crippen molar-refractivity contribution in [3.05, 3.63) is 36.0 Å². The van der Waals surface area contributed by atoms with Crippen LogP contribution in [0.3, 0.4) is 0 Å². The highest BCUT2D eigenvalue weighted by Crippen LogP contribution is 2.35. The predicted molar refractivity (Wildman–Crippen MR) is 75.1 cm³/mol. The first-order valence-corrected chi connectivity index (χ1v) is 7.51. The smallest absolute Gasteiger partial charge is 0.349 e. The maximum absolute atomic E-state index is 12.1. The molecule has 2 heterocycles. The number of rotatable bonds is 3. The Kier molecular flexibility index (Phi) is 3.83. The Balaban J connectivity index is 1.64. The lowest BCUT2D eigenvalue weighted by atomic mass is 10.3. The van der Waals surface area contributed by atoms with Crippen LogP contribution in [0.2, 0.25) is 0 Å². The van der Waals surface area contributed by atoms with Crippen molar-refractivity contribution in [3.8, 4) is 5.75 Å². The number of thioether (sulfide) groups is 1. The lowest BCUT2D eigenvalue weighted by Gasteiger charge is -2.24. The van der Waals surface area contributed by atoms with E-state index in [1.165, 1.54) is 0 Å². The fourth-order valence-corrected chi connectivity index (χ4v) is 2.88. The Morgan fingerprint density at radius 3 is 3.05 bits per heavy atom. The first-order chi connectivity index (χ1) is 10.1.